The summed E-state index contributed by atoms with van der Waals surface area (Å²) < 4.78 is 20.0. The van der Waals surface area contributed by atoms with Crippen molar-refractivity contribution in [3.63, 3.8) is 0 Å². The molecule has 0 radical (unpaired) electrons. The molecule has 0 bridgehead atoms. The molecule has 0 aliphatic carbocycles. The largest absolute Gasteiger partial charge is 0.462 e. The summed E-state index contributed by atoms with van der Waals surface area (Å²) in [5.74, 6) is -5.41. The Morgan fingerprint density at radius 1 is 0.480 bits per heavy atom. The number of ketones is 2. The lowest BCUT2D eigenvalue weighted by Gasteiger charge is -2.07. The number of rotatable bonds is 25. The van der Waals surface area contributed by atoms with Crippen LogP contribution >= 0.6 is 0 Å². The van der Waals surface area contributed by atoms with E-state index in [1.54, 1.807) is 27.8 Å². The zero-order valence-corrected chi connectivity index (χ0v) is 29.6. The number of Topliss-reactive ketones (excluding diaryl/α,β-unsaturated/α-hetero) is 2. The molecule has 0 rings (SSSR count). The molecule has 18 nitrogen and oxygen atoms in total. The summed E-state index contributed by atoms with van der Waals surface area (Å²) in [6.45, 7) is 5.28. The molecule has 0 saturated carbocycles. The molecular formula is C32H48N6O12. The van der Waals surface area contributed by atoms with Crippen LogP contribution in [0.25, 0.3) is 0 Å². The lowest BCUT2D eigenvalue weighted by atomic mass is 10.2. The average Bonchev–Trinajstić information content (AvgIpc) is 3.10. The van der Waals surface area contributed by atoms with E-state index in [2.05, 4.69) is 30.8 Å². The fourth-order valence-corrected chi connectivity index (χ4v) is 3.27. The number of hydrogen-bond acceptors (Lipinski definition) is 16. The van der Waals surface area contributed by atoms with Gasteiger partial charge >= 0.3 is 29.8 Å². The summed E-state index contributed by atoms with van der Waals surface area (Å²) in [6, 6.07) is 0. The SMILES string of the molecule is CN=C(C)CCC(=O)OCCOC(=O)CCC(C)=NCC(=O)C(=O)N/N=C(\C)CCC(=O)OCCOC(=O)CCC(C)=NCC(=O)C(=O)NC. The average molecular weight is 709 g/mol. The third-order valence-electron chi connectivity index (χ3n) is 6.43. The molecule has 0 fully saturated rings. The van der Waals surface area contributed by atoms with Crippen molar-refractivity contribution in [2.24, 2.45) is 20.1 Å². The number of aliphatic imine (C=N–C) groups is 3. The summed E-state index contributed by atoms with van der Waals surface area (Å²) in [5, 5.41) is 5.99. The molecule has 278 valence electrons. The van der Waals surface area contributed by atoms with Crippen LogP contribution in [0, 0.1) is 0 Å². The maximum absolute atomic E-state index is 12.1. The maximum atomic E-state index is 12.1. The predicted molar refractivity (Wildman–Crippen MR) is 181 cm³/mol. The Bertz CT molecular complexity index is 1340. The Morgan fingerprint density at radius 3 is 1.18 bits per heavy atom. The van der Waals surface area contributed by atoms with E-state index in [0.29, 0.717) is 23.6 Å². The minimum atomic E-state index is -1.00. The molecule has 0 heterocycles. The lowest BCUT2D eigenvalue weighted by molar-refractivity contribution is -0.152. The maximum Gasteiger partial charge on any atom is 0.309 e. The third-order valence-corrected chi connectivity index (χ3v) is 6.43. The molecule has 0 aliphatic heterocycles. The van der Waals surface area contributed by atoms with E-state index in [0.717, 1.165) is 5.71 Å². The highest BCUT2D eigenvalue weighted by Crippen LogP contribution is 2.01. The van der Waals surface area contributed by atoms with Crippen LogP contribution in [-0.4, -0.2) is 124 Å². The van der Waals surface area contributed by atoms with Crippen LogP contribution in [-0.2, 0) is 57.3 Å². The first-order valence-electron chi connectivity index (χ1n) is 15.8. The number of carbonyl (C=O) groups excluding carboxylic acids is 8. The van der Waals surface area contributed by atoms with Crippen LogP contribution in [0.2, 0.25) is 0 Å². The van der Waals surface area contributed by atoms with Gasteiger partial charge in [-0.1, -0.05) is 0 Å². The third kappa shape index (κ3) is 24.1. The highest BCUT2D eigenvalue weighted by atomic mass is 16.6. The molecule has 2 N–H and O–H groups in total. The molecule has 0 aliphatic rings. The number of ether oxygens (including phenoxy) is 4. The Hall–Kier alpha value is -5.16. The minimum absolute atomic E-state index is 0.0113. The van der Waals surface area contributed by atoms with Gasteiger partial charge in [0.15, 0.2) is 0 Å². The number of nitrogens with one attached hydrogen (secondary N) is 2. The van der Waals surface area contributed by atoms with Gasteiger partial charge in [0.25, 0.3) is 5.91 Å². The Kier molecular flexibility index (Phi) is 24.0. The van der Waals surface area contributed by atoms with E-state index < -0.39 is 53.8 Å². The Morgan fingerprint density at radius 2 is 0.820 bits per heavy atom. The van der Waals surface area contributed by atoms with Gasteiger partial charge in [0.2, 0.25) is 11.6 Å². The second kappa shape index (κ2) is 26.8. The van der Waals surface area contributed by atoms with E-state index >= 15 is 0 Å². The molecule has 2 amide bonds. The van der Waals surface area contributed by atoms with Gasteiger partial charge < -0.3 is 24.3 Å². The van der Waals surface area contributed by atoms with Crippen molar-refractivity contribution in [3.8, 4) is 0 Å². The van der Waals surface area contributed by atoms with E-state index in [1.807, 2.05) is 0 Å². The van der Waals surface area contributed by atoms with Crippen LogP contribution in [0.1, 0.15) is 79.1 Å². The van der Waals surface area contributed by atoms with Gasteiger partial charge in [-0.3, -0.25) is 53.3 Å². The number of hydrazone groups is 1. The Balaban J connectivity index is 4.18. The van der Waals surface area contributed by atoms with Gasteiger partial charge in [0.1, 0.15) is 39.5 Å². The van der Waals surface area contributed by atoms with Crippen LogP contribution in [0.5, 0.6) is 0 Å². The van der Waals surface area contributed by atoms with Crippen molar-refractivity contribution in [1.29, 1.82) is 0 Å². The van der Waals surface area contributed by atoms with E-state index in [1.165, 1.54) is 14.0 Å². The highest BCUT2D eigenvalue weighted by Gasteiger charge is 2.14. The van der Waals surface area contributed by atoms with E-state index in [9.17, 15) is 38.4 Å². The highest BCUT2D eigenvalue weighted by molar-refractivity contribution is 6.37. The first kappa shape index (κ1) is 44.8. The molecule has 18 heteroatoms. The second-order valence-corrected chi connectivity index (χ2v) is 10.7. The first-order valence-corrected chi connectivity index (χ1v) is 15.8. The molecule has 0 spiro atoms. The molecular weight excluding hydrogens is 660 g/mol. The van der Waals surface area contributed by atoms with Crippen LogP contribution in [0.4, 0.5) is 0 Å². The van der Waals surface area contributed by atoms with Crippen LogP contribution in [0.15, 0.2) is 20.1 Å². The molecule has 50 heavy (non-hydrogen) atoms. The van der Waals surface area contributed by atoms with Gasteiger partial charge in [-0.05, 0) is 53.4 Å². The number of hydrogen-bond donors (Lipinski definition) is 2. The van der Waals surface area contributed by atoms with Crippen molar-refractivity contribution < 1.29 is 57.3 Å². The zero-order chi connectivity index (χ0) is 37.9. The second-order valence-electron chi connectivity index (χ2n) is 10.7. The van der Waals surface area contributed by atoms with Gasteiger partial charge in [-0.25, -0.2) is 5.43 Å². The van der Waals surface area contributed by atoms with Crippen molar-refractivity contribution >= 4 is 70.1 Å². The molecule has 0 atom stereocenters. The standard InChI is InChI=1S/C32H48N6O12/c1-21(33-5)7-11-27(41)47-15-16-48-29(43)13-9-23(3)36-20-26(40)32(46)38-37-24(4)10-14-30(44)50-18-17-49-28(42)12-8-22(2)35-19-25(39)31(45)34-6/h7-20H2,1-6H3,(H,34,45)(H,38,46)/b33-21?,35-22?,36-23?,37-24+. The monoisotopic (exact) mass is 708 g/mol. The first-order chi connectivity index (χ1) is 23.7. The van der Waals surface area contributed by atoms with Crippen LogP contribution < -0.4 is 10.7 Å². The van der Waals surface area contributed by atoms with Crippen molar-refractivity contribution in [3.05, 3.63) is 0 Å². The number of esters is 4. The fraction of sp³-hybridized carbons (Fsp3) is 0.625. The van der Waals surface area contributed by atoms with Gasteiger partial charge in [-0.2, -0.15) is 5.10 Å². The van der Waals surface area contributed by atoms with Crippen molar-refractivity contribution in [2.45, 2.75) is 79.1 Å². The number of likely N-dealkylation sites (N-methyl/N-ethyl adjacent to an activating group) is 1. The number of amides is 2. The van der Waals surface area contributed by atoms with Crippen LogP contribution in [0.3, 0.4) is 0 Å². The molecule has 0 aromatic carbocycles. The number of nitrogens with zero attached hydrogens (tertiary/aromatic N) is 4. The number of carbonyl (C=O) groups is 8. The van der Waals surface area contributed by atoms with Gasteiger partial charge in [-0.15, -0.1) is 0 Å². The zero-order valence-electron chi connectivity index (χ0n) is 29.6. The topological polar surface area (TPSA) is 247 Å². The normalized spacial score (nSPS) is 12.0. The summed E-state index contributed by atoms with van der Waals surface area (Å²) in [5.41, 5.74) is 4.22. The van der Waals surface area contributed by atoms with Gasteiger partial charge in [0, 0.05) is 36.9 Å². The molecule has 0 unspecified atom stereocenters. The fourth-order valence-electron chi connectivity index (χ4n) is 3.27. The predicted octanol–water partition coefficient (Wildman–Crippen LogP) is 0.669. The quantitative estimate of drug-likeness (QED) is 0.0332. The summed E-state index contributed by atoms with van der Waals surface area (Å²) in [6.07, 6.45) is 1.12. The summed E-state index contributed by atoms with van der Waals surface area (Å²) >= 11 is 0. The minimum Gasteiger partial charge on any atom is -0.462 e. The molecule has 0 aromatic rings. The Labute approximate surface area is 290 Å². The van der Waals surface area contributed by atoms with E-state index in [4.69, 9.17) is 18.9 Å². The van der Waals surface area contributed by atoms with Crippen molar-refractivity contribution in [1.82, 2.24) is 10.7 Å². The van der Waals surface area contributed by atoms with E-state index in [-0.39, 0.29) is 77.9 Å². The molecule has 0 saturated heterocycles. The summed E-state index contributed by atoms with van der Waals surface area (Å²) in [4.78, 5) is 106. The smallest absolute Gasteiger partial charge is 0.309 e. The molecule has 0 aromatic heterocycles. The van der Waals surface area contributed by atoms with Crippen molar-refractivity contribution in [2.75, 3.05) is 53.6 Å². The van der Waals surface area contributed by atoms with Gasteiger partial charge in [0.05, 0.1) is 25.7 Å². The summed E-state index contributed by atoms with van der Waals surface area (Å²) in [7, 11) is 2.97. The lowest BCUT2D eigenvalue weighted by Crippen LogP contribution is -2.29.